The second kappa shape index (κ2) is 8.54. The van der Waals surface area contributed by atoms with Crippen molar-refractivity contribution in [2.24, 2.45) is 5.92 Å². The molecule has 0 spiro atoms. The van der Waals surface area contributed by atoms with E-state index in [0.717, 1.165) is 50.2 Å². The van der Waals surface area contributed by atoms with E-state index >= 15 is 0 Å². The van der Waals surface area contributed by atoms with Crippen molar-refractivity contribution in [3.05, 3.63) is 65.2 Å². The maximum Gasteiger partial charge on any atom is 0.318 e. The third kappa shape index (κ3) is 3.91. The zero-order chi connectivity index (χ0) is 21.4. The second-order valence-corrected chi connectivity index (χ2v) is 9.30. The number of methoxy groups -OCH3 is 1. The summed E-state index contributed by atoms with van der Waals surface area (Å²) in [5, 5.41) is 3.26. The molecule has 2 fully saturated rings. The van der Waals surface area contributed by atoms with Gasteiger partial charge in [0.25, 0.3) is 0 Å². The number of benzene rings is 2. The summed E-state index contributed by atoms with van der Waals surface area (Å²) in [5.41, 5.74) is 4.06. The van der Waals surface area contributed by atoms with Crippen LogP contribution >= 0.6 is 0 Å². The van der Waals surface area contributed by atoms with Crippen molar-refractivity contribution in [2.45, 2.75) is 50.7 Å². The Labute approximate surface area is 185 Å². The Morgan fingerprint density at radius 2 is 1.94 bits per heavy atom. The minimum absolute atomic E-state index is 0.0331. The van der Waals surface area contributed by atoms with Crippen molar-refractivity contribution in [2.75, 3.05) is 26.7 Å². The number of fused-ring (bicyclic) bond motifs is 4. The number of hydrogen-bond acceptors (Lipinski definition) is 3. The number of rotatable bonds is 3. The maximum absolute atomic E-state index is 13.3. The summed E-state index contributed by atoms with van der Waals surface area (Å²) < 4.78 is 5.25. The first-order chi connectivity index (χ1) is 15.1. The molecular weight excluding hydrogens is 386 g/mol. The number of nitrogens with one attached hydrogen (secondary N) is 1. The zero-order valence-electron chi connectivity index (χ0n) is 18.6. The topological polar surface area (TPSA) is 44.8 Å². The van der Waals surface area contributed by atoms with E-state index < -0.39 is 0 Å². The zero-order valence-corrected chi connectivity index (χ0v) is 18.6. The number of likely N-dealkylation sites (tertiary alicyclic amines) is 1. The van der Waals surface area contributed by atoms with Gasteiger partial charge in [0.1, 0.15) is 5.75 Å². The molecule has 1 N–H and O–H groups in total. The van der Waals surface area contributed by atoms with Crippen LogP contribution in [0.5, 0.6) is 5.75 Å². The van der Waals surface area contributed by atoms with Crippen LogP contribution in [-0.4, -0.2) is 48.6 Å². The lowest BCUT2D eigenvalue weighted by atomic mass is 9.77. The quantitative estimate of drug-likeness (QED) is 0.794. The van der Waals surface area contributed by atoms with Crippen molar-refractivity contribution in [3.63, 3.8) is 0 Å². The summed E-state index contributed by atoms with van der Waals surface area (Å²) in [7, 11) is 1.67. The molecule has 164 valence electrons. The highest BCUT2D eigenvalue weighted by molar-refractivity contribution is 5.75. The van der Waals surface area contributed by atoms with Crippen LogP contribution in [0.2, 0.25) is 0 Å². The standard InChI is InChI=1S/C26H33N3O2/c1-18(19-9-11-22(31-2)12-10-19)27-26(30)29-14-5-7-21-17-28-15-13-20-6-3-4-8-23(20)25(28)16-24(21)29/h3-4,6,8-12,18,21,24-25H,5,7,13-17H2,1-2H3,(H,27,30)/t18-,21-,24+,25-/m1/s1. The van der Waals surface area contributed by atoms with E-state index in [2.05, 4.69) is 46.3 Å². The van der Waals surface area contributed by atoms with E-state index in [4.69, 9.17) is 4.74 Å². The van der Waals surface area contributed by atoms with Crippen LogP contribution in [-0.2, 0) is 6.42 Å². The number of piperidine rings is 2. The fourth-order valence-corrected chi connectivity index (χ4v) is 5.89. The highest BCUT2D eigenvalue weighted by Gasteiger charge is 2.44. The van der Waals surface area contributed by atoms with Crippen molar-refractivity contribution in [1.82, 2.24) is 15.1 Å². The fourth-order valence-electron chi connectivity index (χ4n) is 5.89. The minimum atomic E-state index is -0.0331. The number of carbonyl (C=O) groups excluding carboxylic acids is 1. The van der Waals surface area contributed by atoms with Gasteiger partial charge in [0, 0.05) is 31.7 Å². The highest BCUT2D eigenvalue weighted by atomic mass is 16.5. The third-order valence-corrected chi connectivity index (χ3v) is 7.59. The average molecular weight is 420 g/mol. The normalized spacial score (nSPS) is 26.3. The lowest BCUT2D eigenvalue weighted by molar-refractivity contribution is 0.00533. The van der Waals surface area contributed by atoms with E-state index in [9.17, 15) is 4.79 Å². The number of hydrogen-bond donors (Lipinski definition) is 1. The van der Waals surface area contributed by atoms with E-state index in [1.54, 1.807) is 7.11 Å². The average Bonchev–Trinajstić information content (AvgIpc) is 2.82. The SMILES string of the molecule is COc1ccc([C@@H](C)NC(=O)N2CCC[C@@H]3CN4CCc5ccccc5[C@H]4C[C@@H]32)cc1. The fraction of sp³-hybridized carbons (Fsp3) is 0.500. The summed E-state index contributed by atoms with van der Waals surface area (Å²) in [6.07, 6.45) is 4.52. The Balaban J connectivity index is 1.31. The van der Waals surface area contributed by atoms with Crippen molar-refractivity contribution < 1.29 is 9.53 Å². The highest BCUT2D eigenvalue weighted by Crippen LogP contribution is 2.42. The first-order valence-electron chi connectivity index (χ1n) is 11.7. The molecule has 3 aliphatic rings. The number of ether oxygens (including phenoxy) is 1. The summed E-state index contributed by atoms with van der Waals surface area (Å²) in [6, 6.07) is 17.7. The molecule has 0 bridgehead atoms. The predicted molar refractivity (Wildman–Crippen MR) is 122 cm³/mol. The molecule has 5 rings (SSSR count). The van der Waals surface area contributed by atoms with Crippen LogP contribution in [0.25, 0.3) is 0 Å². The van der Waals surface area contributed by atoms with Gasteiger partial charge in [-0.1, -0.05) is 36.4 Å². The van der Waals surface area contributed by atoms with Gasteiger partial charge in [0.05, 0.1) is 13.2 Å². The lowest BCUT2D eigenvalue weighted by Crippen LogP contribution is -2.59. The van der Waals surface area contributed by atoms with Gasteiger partial charge >= 0.3 is 6.03 Å². The van der Waals surface area contributed by atoms with Crippen molar-refractivity contribution in [1.29, 1.82) is 0 Å². The Hall–Kier alpha value is -2.53. The molecule has 2 aromatic rings. The van der Waals surface area contributed by atoms with Gasteiger partial charge in [-0.05, 0) is 67.3 Å². The first-order valence-corrected chi connectivity index (χ1v) is 11.7. The minimum Gasteiger partial charge on any atom is -0.497 e. The summed E-state index contributed by atoms with van der Waals surface area (Å²) in [5.74, 6) is 1.41. The Morgan fingerprint density at radius 3 is 2.74 bits per heavy atom. The molecular formula is C26H33N3O2. The van der Waals surface area contributed by atoms with Gasteiger partial charge < -0.3 is 15.0 Å². The molecule has 5 heteroatoms. The van der Waals surface area contributed by atoms with E-state index in [0.29, 0.717) is 18.0 Å². The third-order valence-electron chi connectivity index (χ3n) is 7.59. The smallest absolute Gasteiger partial charge is 0.318 e. The van der Waals surface area contributed by atoms with Crippen LogP contribution < -0.4 is 10.1 Å². The monoisotopic (exact) mass is 419 g/mol. The molecule has 31 heavy (non-hydrogen) atoms. The summed E-state index contributed by atoms with van der Waals surface area (Å²) in [4.78, 5) is 18.2. The van der Waals surface area contributed by atoms with Crippen molar-refractivity contribution in [3.8, 4) is 5.75 Å². The van der Waals surface area contributed by atoms with E-state index in [1.165, 1.54) is 17.5 Å². The Morgan fingerprint density at radius 1 is 1.13 bits per heavy atom. The van der Waals surface area contributed by atoms with E-state index in [-0.39, 0.29) is 12.1 Å². The molecule has 5 nitrogen and oxygen atoms in total. The second-order valence-electron chi connectivity index (χ2n) is 9.30. The van der Waals surface area contributed by atoms with Crippen LogP contribution in [0, 0.1) is 5.92 Å². The molecule has 2 aromatic carbocycles. The lowest BCUT2D eigenvalue weighted by Gasteiger charge is -2.52. The van der Waals surface area contributed by atoms with Crippen LogP contribution in [0.3, 0.4) is 0 Å². The molecule has 0 unspecified atom stereocenters. The molecule has 0 saturated carbocycles. The first kappa shape index (κ1) is 20.4. The summed E-state index contributed by atoms with van der Waals surface area (Å²) >= 11 is 0. The number of urea groups is 1. The van der Waals surface area contributed by atoms with Crippen LogP contribution in [0.4, 0.5) is 4.79 Å². The molecule has 0 radical (unpaired) electrons. The molecule has 3 heterocycles. The molecule has 3 aliphatic heterocycles. The largest absolute Gasteiger partial charge is 0.497 e. The van der Waals surface area contributed by atoms with Crippen LogP contribution in [0.1, 0.15) is 55.0 Å². The van der Waals surface area contributed by atoms with Crippen LogP contribution in [0.15, 0.2) is 48.5 Å². The van der Waals surface area contributed by atoms with Gasteiger partial charge in [0.2, 0.25) is 0 Å². The summed E-state index contributed by atoms with van der Waals surface area (Å²) in [6.45, 7) is 5.17. The van der Waals surface area contributed by atoms with Gasteiger partial charge in [-0.2, -0.15) is 0 Å². The molecule has 4 atom stereocenters. The van der Waals surface area contributed by atoms with Crippen molar-refractivity contribution >= 4 is 6.03 Å². The molecule has 2 saturated heterocycles. The predicted octanol–water partition coefficient (Wildman–Crippen LogP) is 4.55. The Kier molecular flexibility index (Phi) is 5.61. The molecule has 2 amide bonds. The van der Waals surface area contributed by atoms with Gasteiger partial charge in [-0.15, -0.1) is 0 Å². The molecule has 0 aliphatic carbocycles. The van der Waals surface area contributed by atoms with Gasteiger partial charge in [-0.25, -0.2) is 4.79 Å². The van der Waals surface area contributed by atoms with Gasteiger partial charge in [-0.3, -0.25) is 4.90 Å². The Bertz CT molecular complexity index is 929. The number of amides is 2. The number of carbonyl (C=O) groups is 1. The molecule has 0 aromatic heterocycles. The van der Waals surface area contributed by atoms with E-state index in [1.807, 2.05) is 24.3 Å². The van der Waals surface area contributed by atoms with Gasteiger partial charge in [0.15, 0.2) is 0 Å². The number of nitrogens with zero attached hydrogens (tertiary/aromatic N) is 2. The maximum atomic E-state index is 13.3.